The topological polar surface area (TPSA) is 98.5 Å². The second kappa shape index (κ2) is 8.95. The molecule has 7 nitrogen and oxygen atoms in total. The van der Waals surface area contributed by atoms with Crippen LogP contribution in [0.5, 0.6) is 0 Å². The third-order valence-electron chi connectivity index (χ3n) is 4.25. The van der Waals surface area contributed by atoms with Gasteiger partial charge in [-0.05, 0) is 42.8 Å². The molecule has 152 valence electrons. The van der Waals surface area contributed by atoms with Crippen molar-refractivity contribution >= 4 is 23.3 Å². The van der Waals surface area contributed by atoms with E-state index in [9.17, 15) is 24.1 Å². The molecule has 0 aliphatic rings. The number of nitrogens with one attached hydrogen (secondary N) is 1. The maximum atomic E-state index is 13.1. The summed E-state index contributed by atoms with van der Waals surface area (Å²) in [7, 11) is 0. The SMILES string of the molecule is Cc1ccc(NC(=O)[C@H](OC(=O)c2ccc(F)cc2)c2ccccc2)c([N+](=O)[O-])c1. The largest absolute Gasteiger partial charge is 0.444 e. The number of carbonyl (C=O) groups is 2. The average Bonchev–Trinajstić information content (AvgIpc) is 2.74. The molecule has 0 spiro atoms. The summed E-state index contributed by atoms with van der Waals surface area (Å²) in [5.41, 5.74) is 0.795. The fourth-order valence-electron chi connectivity index (χ4n) is 2.76. The van der Waals surface area contributed by atoms with Crippen LogP contribution < -0.4 is 5.32 Å². The van der Waals surface area contributed by atoms with E-state index in [-0.39, 0.29) is 16.9 Å². The van der Waals surface area contributed by atoms with Crippen LogP contribution in [0, 0.1) is 22.9 Å². The van der Waals surface area contributed by atoms with Crippen LogP contribution in [0.2, 0.25) is 0 Å². The number of esters is 1. The molecule has 0 aromatic heterocycles. The summed E-state index contributed by atoms with van der Waals surface area (Å²) in [6.07, 6.45) is -1.37. The number of halogens is 1. The molecular formula is C22H17FN2O5. The van der Waals surface area contributed by atoms with Crippen molar-refractivity contribution < 1.29 is 23.6 Å². The molecule has 0 aliphatic heterocycles. The molecule has 1 amide bonds. The third kappa shape index (κ3) is 4.85. The lowest BCUT2D eigenvalue weighted by Crippen LogP contribution is -2.26. The van der Waals surface area contributed by atoms with Crippen LogP contribution in [0.4, 0.5) is 15.8 Å². The predicted molar refractivity (Wildman–Crippen MR) is 107 cm³/mol. The van der Waals surface area contributed by atoms with Gasteiger partial charge in [-0.3, -0.25) is 14.9 Å². The molecule has 0 bridgehead atoms. The highest BCUT2D eigenvalue weighted by molar-refractivity contribution is 5.99. The third-order valence-corrected chi connectivity index (χ3v) is 4.25. The van der Waals surface area contributed by atoms with Crippen molar-refractivity contribution in [1.29, 1.82) is 0 Å². The molecule has 3 aromatic carbocycles. The summed E-state index contributed by atoms with van der Waals surface area (Å²) in [5.74, 6) is -2.11. The van der Waals surface area contributed by atoms with Gasteiger partial charge in [0.1, 0.15) is 11.5 Å². The Morgan fingerprint density at radius 3 is 2.33 bits per heavy atom. The van der Waals surface area contributed by atoms with Gasteiger partial charge < -0.3 is 10.1 Å². The lowest BCUT2D eigenvalue weighted by atomic mass is 10.1. The summed E-state index contributed by atoms with van der Waals surface area (Å²) < 4.78 is 18.5. The van der Waals surface area contributed by atoms with Gasteiger partial charge in [0, 0.05) is 11.6 Å². The number of hydrogen-bond acceptors (Lipinski definition) is 5. The van der Waals surface area contributed by atoms with Gasteiger partial charge in [-0.2, -0.15) is 0 Å². The molecule has 3 aromatic rings. The Bertz CT molecular complexity index is 1080. The number of ether oxygens (including phenoxy) is 1. The number of hydrogen-bond donors (Lipinski definition) is 1. The quantitative estimate of drug-likeness (QED) is 0.366. The average molecular weight is 408 g/mol. The van der Waals surface area contributed by atoms with Crippen molar-refractivity contribution in [1.82, 2.24) is 0 Å². The second-order valence-corrected chi connectivity index (χ2v) is 6.47. The molecule has 1 atom stereocenters. The van der Waals surface area contributed by atoms with Gasteiger partial charge in [-0.15, -0.1) is 0 Å². The fourth-order valence-corrected chi connectivity index (χ4v) is 2.76. The first-order chi connectivity index (χ1) is 14.3. The summed E-state index contributed by atoms with van der Waals surface area (Å²) in [6, 6.07) is 17.3. The first kappa shape index (κ1) is 20.7. The van der Waals surface area contributed by atoms with Gasteiger partial charge >= 0.3 is 5.97 Å². The van der Waals surface area contributed by atoms with Crippen molar-refractivity contribution in [2.24, 2.45) is 0 Å². The number of anilines is 1. The zero-order valence-corrected chi connectivity index (χ0v) is 15.9. The van der Waals surface area contributed by atoms with E-state index in [1.54, 1.807) is 43.3 Å². The van der Waals surface area contributed by atoms with Crippen molar-refractivity contribution in [2.75, 3.05) is 5.32 Å². The van der Waals surface area contributed by atoms with Crippen LogP contribution in [0.25, 0.3) is 0 Å². The minimum absolute atomic E-state index is 0.0191. The first-order valence-corrected chi connectivity index (χ1v) is 8.92. The van der Waals surface area contributed by atoms with Crippen LogP contribution in [0.3, 0.4) is 0 Å². The lowest BCUT2D eigenvalue weighted by Gasteiger charge is -2.18. The molecule has 0 aliphatic carbocycles. The number of amides is 1. The molecule has 30 heavy (non-hydrogen) atoms. The maximum Gasteiger partial charge on any atom is 0.339 e. The van der Waals surface area contributed by atoms with Crippen molar-refractivity contribution in [3.8, 4) is 0 Å². The van der Waals surface area contributed by atoms with Gasteiger partial charge in [0.15, 0.2) is 0 Å². The predicted octanol–water partition coefficient (Wildman–Crippen LogP) is 4.58. The van der Waals surface area contributed by atoms with E-state index < -0.39 is 28.7 Å². The first-order valence-electron chi connectivity index (χ1n) is 8.92. The van der Waals surface area contributed by atoms with E-state index in [0.717, 1.165) is 12.1 Å². The van der Waals surface area contributed by atoms with Gasteiger partial charge in [-0.1, -0.05) is 36.4 Å². The molecule has 0 heterocycles. The molecule has 0 saturated carbocycles. The highest BCUT2D eigenvalue weighted by Gasteiger charge is 2.27. The number of rotatable bonds is 6. The minimum Gasteiger partial charge on any atom is -0.444 e. The molecule has 0 fully saturated rings. The molecular weight excluding hydrogens is 391 g/mol. The number of nitro benzene ring substituents is 1. The Hall–Kier alpha value is -4.07. The molecule has 0 radical (unpaired) electrons. The summed E-state index contributed by atoms with van der Waals surface area (Å²) in [4.78, 5) is 36.1. The van der Waals surface area contributed by atoms with E-state index in [0.29, 0.717) is 11.1 Å². The summed E-state index contributed by atoms with van der Waals surface area (Å²) in [6.45, 7) is 1.69. The van der Waals surface area contributed by atoms with Crippen LogP contribution >= 0.6 is 0 Å². The second-order valence-electron chi connectivity index (χ2n) is 6.47. The Morgan fingerprint density at radius 2 is 1.70 bits per heavy atom. The molecule has 3 rings (SSSR count). The Morgan fingerprint density at radius 1 is 1.03 bits per heavy atom. The van der Waals surface area contributed by atoms with Crippen molar-refractivity contribution in [3.63, 3.8) is 0 Å². The van der Waals surface area contributed by atoms with Gasteiger partial charge in [0.2, 0.25) is 6.10 Å². The van der Waals surface area contributed by atoms with E-state index in [1.165, 1.54) is 24.3 Å². The number of nitro groups is 1. The van der Waals surface area contributed by atoms with E-state index in [1.807, 2.05) is 0 Å². The van der Waals surface area contributed by atoms with Crippen LogP contribution in [0.1, 0.15) is 27.6 Å². The van der Waals surface area contributed by atoms with Gasteiger partial charge in [0.25, 0.3) is 11.6 Å². The zero-order valence-electron chi connectivity index (χ0n) is 15.9. The number of benzene rings is 3. The summed E-state index contributed by atoms with van der Waals surface area (Å²) >= 11 is 0. The Balaban J connectivity index is 1.89. The van der Waals surface area contributed by atoms with Crippen molar-refractivity contribution in [3.05, 3.63) is 105 Å². The minimum atomic E-state index is -1.37. The molecule has 1 N–H and O–H groups in total. The molecule has 0 saturated heterocycles. The van der Waals surface area contributed by atoms with E-state index in [2.05, 4.69) is 5.32 Å². The highest BCUT2D eigenvalue weighted by atomic mass is 19.1. The van der Waals surface area contributed by atoms with Crippen molar-refractivity contribution in [2.45, 2.75) is 13.0 Å². The fraction of sp³-hybridized carbons (Fsp3) is 0.0909. The zero-order chi connectivity index (χ0) is 21.7. The number of nitrogens with zero attached hydrogens (tertiary/aromatic N) is 1. The van der Waals surface area contributed by atoms with Crippen LogP contribution in [-0.4, -0.2) is 16.8 Å². The van der Waals surface area contributed by atoms with Gasteiger partial charge in [0.05, 0.1) is 10.5 Å². The monoisotopic (exact) mass is 408 g/mol. The highest BCUT2D eigenvalue weighted by Crippen LogP contribution is 2.28. The standard InChI is InChI=1S/C22H17FN2O5/c1-14-7-12-18(19(13-14)25(28)29)24-21(26)20(15-5-3-2-4-6-15)30-22(27)16-8-10-17(23)11-9-16/h2-13,20H,1H3,(H,24,26)/t20-/m1/s1. The van der Waals surface area contributed by atoms with E-state index >= 15 is 0 Å². The lowest BCUT2D eigenvalue weighted by molar-refractivity contribution is -0.384. The van der Waals surface area contributed by atoms with E-state index in [4.69, 9.17) is 4.74 Å². The normalized spacial score (nSPS) is 11.4. The Kier molecular flexibility index (Phi) is 6.17. The number of aryl methyl sites for hydroxylation is 1. The van der Waals surface area contributed by atoms with Crippen LogP contribution in [-0.2, 0) is 9.53 Å². The molecule has 8 heteroatoms. The maximum absolute atomic E-state index is 13.1. The van der Waals surface area contributed by atoms with Gasteiger partial charge in [-0.25, -0.2) is 9.18 Å². The summed E-state index contributed by atoms with van der Waals surface area (Å²) in [5, 5.41) is 13.8. The Labute approximate surface area is 171 Å². The molecule has 0 unspecified atom stereocenters. The smallest absolute Gasteiger partial charge is 0.339 e. The van der Waals surface area contributed by atoms with Crippen LogP contribution in [0.15, 0.2) is 72.8 Å². The number of carbonyl (C=O) groups excluding carboxylic acids is 2.